The van der Waals surface area contributed by atoms with Crippen molar-refractivity contribution in [1.29, 1.82) is 0 Å². The van der Waals surface area contributed by atoms with E-state index >= 15 is 0 Å². The molecule has 1 aromatic carbocycles. The number of amides is 2. The molecule has 1 aromatic rings. The molecule has 0 aliphatic heterocycles. The summed E-state index contributed by atoms with van der Waals surface area (Å²) in [4.78, 5) is 22.9. The van der Waals surface area contributed by atoms with Crippen LogP contribution >= 0.6 is 0 Å². The summed E-state index contributed by atoms with van der Waals surface area (Å²) in [7, 11) is 0. The smallest absolute Gasteiger partial charge is 0.244 e. The van der Waals surface area contributed by atoms with Gasteiger partial charge < -0.3 is 22.5 Å². The van der Waals surface area contributed by atoms with Gasteiger partial charge >= 0.3 is 0 Å². The van der Waals surface area contributed by atoms with E-state index in [1.54, 1.807) is 6.07 Å². The van der Waals surface area contributed by atoms with E-state index in [-0.39, 0.29) is 18.3 Å². The highest BCUT2D eigenvalue weighted by molar-refractivity contribution is 5.93. The fourth-order valence-corrected chi connectivity index (χ4v) is 2.99. The van der Waals surface area contributed by atoms with Gasteiger partial charge in [-0.15, -0.1) is 0 Å². The zero-order valence-corrected chi connectivity index (χ0v) is 13.5. The first-order valence-corrected chi connectivity index (χ1v) is 7.98. The van der Waals surface area contributed by atoms with Crippen LogP contribution in [0, 0.1) is 5.82 Å². The Morgan fingerprint density at radius 3 is 2.62 bits per heavy atom. The number of carbonyl (C=O) groups excluding carboxylic acids is 2. The van der Waals surface area contributed by atoms with Crippen LogP contribution in [0.4, 0.5) is 10.1 Å². The third-order valence-electron chi connectivity index (χ3n) is 4.20. The Hall–Kier alpha value is -2.25. The highest BCUT2D eigenvalue weighted by atomic mass is 19.1. The van der Waals surface area contributed by atoms with Gasteiger partial charge in [-0.3, -0.25) is 9.59 Å². The Bertz CT molecular complexity index is 673. The first kappa shape index (κ1) is 18.1. The lowest BCUT2D eigenvalue weighted by Gasteiger charge is -2.24. The summed E-state index contributed by atoms with van der Waals surface area (Å²) < 4.78 is 13.8. The summed E-state index contributed by atoms with van der Waals surface area (Å²) >= 11 is 0. The number of primary amides is 1. The van der Waals surface area contributed by atoms with Crippen LogP contribution in [0.25, 0.3) is 0 Å². The van der Waals surface area contributed by atoms with E-state index in [4.69, 9.17) is 17.2 Å². The van der Waals surface area contributed by atoms with Gasteiger partial charge in [0.25, 0.3) is 0 Å². The van der Waals surface area contributed by atoms with Crippen LogP contribution in [-0.2, 0) is 16.0 Å². The Balaban J connectivity index is 2.19. The van der Waals surface area contributed by atoms with Crippen molar-refractivity contribution in [2.24, 2.45) is 17.2 Å². The van der Waals surface area contributed by atoms with Crippen molar-refractivity contribution in [3.8, 4) is 0 Å². The number of benzene rings is 1. The van der Waals surface area contributed by atoms with Gasteiger partial charge in [0, 0.05) is 11.6 Å². The summed E-state index contributed by atoms with van der Waals surface area (Å²) in [6.07, 6.45) is 3.73. The van der Waals surface area contributed by atoms with Crippen molar-refractivity contribution in [2.75, 3.05) is 11.9 Å². The fraction of sp³-hybridized carbons (Fsp3) is 0.412. The van der Waals surface area contributed by atoms with Crippen molar-refractivity contribution in [1.82, 2.24) is 0 Å². The number of rotatable bonds is 6. The second-order valence-electron chi connectivity index (χ2n) is 5.95. The third kappa shape index (κ3) is 4.39. The number of carbonyl (C=O) groups is 2. The molecular formula is C17H23FN4O2. The van der Waals surface area contributed by atoms with E-state index < -0.39 is 17.6 Å². The normalized spacial score (nSPS) is 16.0. The fourth-order valence-electron chi connectivity index (χ4n) is 2.99. The minimum Gasteiger partial charge on any atom is -0.366 e. The molecule has 0 radical (unpaired) electrons. The van der Waals surface area contributed by atoms with Crippen LogP contribution in [0.5, 0.6) is 0 Å². The largest absolute Gasteiger partial charge is 0.366 e. The lowest BCUT2D eigenvalue weighted by Crippen LogP contribution is -2.31. The van der Waals surface area contributed by atoms with Crippen molar-refractivity contribution in [3.63, 3.8) is 0 Å². The average Bonchev–Trinajstić information content (AvgIpc) is 2.57. The van der Waals surface area contributed by atoms with Gasteiger partial charge in [-0.05, 0) is 55.4 Å². The molecule has 0 saturated heterocycles. The lowest BCUT2D eigenvalue weighted by molar-refractivity contribution is -0.115. The zero-order chi connectivity index (χ0) is 17.7. The molecule has 1 aliphatic rings. The zero-order valence-electron chi connectivity index (χ0n) is 13.5. The molecular weight excluding hydrogens is 311 g/mol. The maximum atomic E-state index is 13.8. The molecule has 0 bridgehead atoms. The van der Waals surface area contributed by atoms with Crippen molar-refractivity contribution in [2.45, 2.75) is 38.1 Å². The maximum Gasteiger partial charge on any atom is 0.244 e. The molecule has 0 saturated carbocycles. The summed E-state index contributed by atoms with van der Waals surface area (Å²) in [5.41, 5.74) is 19.3. The number of halogens is 1. The van der Waals surface area contributed by atoms with Crippen LogP contribution in [0.15, 0.2) is 29.3 Å². The molecule has 2 amide bonds. The minimum absolute atomic E-state index is 0.0721. The first-order valence-electron chi connectivity index (χ1n) is 7.98. The average molecular weight is 334 g/mol. The van der Waals surface area contributed by atoms with E-state index in [1.807, 2.05) is 0 Å². The van der Waals surface area contributed by atoms with E-state index in [1.165, 1.54) is 12.1 Å². The molecule has 7 N–H and O–H groups in total. The number of nitrogens with one attached hydrogen (secondary N) is 1. The van der Waals surface area contributed by atoms with Crippen LogP contribution < -0.4 is 22.5 Å². The molecule has 0 fully saturated rings. The molecule has 0 spiro atoms. The van der Waals surface area contributed by atoms with Crippen molar-refractivity contribution < 1.29 is 14.0 Å². The quantitative estimate of drug-likeness (QED) is 0.618. The van der Waals surface area contributed by atoms with Gasteiger partial charge in [0.05, 0.1) is 12.2 Å². The second kappa shape index (κ2) is 8.03. The van der Waals surface area contributed by atoms with Gasteiger partial charge in [0.2, 0.25) is 11.8 Å². The van der Waals surface area contributed by atoms with Gasteiger partial charge in [-0.25, -0.2) is 4.39 Å². The maximum absolute atomic E-state index is 13.8. The van der Waals surface area contributed by atoms with Crippen molar-refractivity contribution in [3.05, 3.63) is 40.7 Å². The van der Waals surface area contributed by atoms with Crippen LogP contribution in [0.3, 0.4) is 0 Å². The Kier molecular flexibility index (Phi) is 6.05. The van der Waals surface area contributed by atoms with Crippen molar-refractivity contribution >= 4 is 17.5 Å². The molecule has 6 nitrogen and oxygen atoms in total. The number of hydrogen-bond acceptors (Lipinski definition) is 4. The minimum atomic E-state index is -0.538. The summed E-state index contributed by atoms with van der Waals surface area (Å²) in [6.45, 7) is -0.224. The highest BCUT2D eigenvalue weighted by Crippen LogP contribution is 2.28. The van der Waals surface area contributed by atoms with Gasteiger partial charge in [0.15, 0.2) is 0 Å². The van der Waals surface area contributed by atoms with Gasteiger partial charge in [-0.1, -0.05) is 6.07 Å². The Labute approximate surface area is 140 Å². The topological polar surface area (TPSA) is 124 Å². The molecule has 130 valence electrons. The monoisotopic (exact) mass is 334 g/mol. The number of hydrogen-bond donors (Lipinski definition) is 4. The predicted octanol–water partition coefficient (Wildman–Crippen LogP) is 0.949. The molecule has 0 aromatic heterocycles. The van der Waals surface area contributed by atoms with Crippen LogP contribution in [0.1, 0.15) is 31.2 Å². The Morgan fingerprint density at radius 1 is 1.25 bits per heavy atom. The summed E-state index contributed by atoms with van der Waals surface area (Å²) in [5.74, 6) is -1.43. The molecule has 1 atom stereocenters. The molecule has 1 aliphatic carbocycles. The standard InChI is InChI=1S/C17H23FN4O2/c18-13-6-5-10(8-15(13)22-16(23)9-19)7-14(20)11-3-1-2-4-12(11)17(21)24/h5-6,8,14H,1-4,7,9,19-20H2,(H2,21,24)(H,22,23). The first-order chi connectivity index (χ1) is 11.4. The lowest BCUT2D eigenvalue weighted by atomic mass is 9.85. The van der Waals surface area contributed by atoms with Crippen LogP contribution in [-0.4, -0.2) is 24.4 Å². The summed E-state index contributed by atoms with van der Waals surface area (Å²) in [5, 5.41) is 2.41. The highest BCUT2D eigenvalue weighted by Gasteiger charge is 2.22. The van der Waals surface area contributed by atoms with Crippen LogP contribution in [0.2, 0.25) is 0 Å². The number of anilines is 1. The predicted molar refractivity (Wildman–Crippen MR) is 90.5 cm³/mol. The second-order valence-corrected chi connectivity index (χ2v) is 5.95. The molecule has 1 unspecified atom stereocenters. The molecule has 0 heterocycles. The molecule has 24 heavy (non-hydrogen) atoms. The molecule has 2 rings (SSSR count). The Morgan fingerprint density at radius 2 is 1.96 bits per heavy atom. The SMILES string of the molecule is NCC(=O)Nc1cc(CC(N)C2=C(C(N)=O)CCCC2)ccc1F. The van der Waals surface area contributed by atoms with Gasteiger partial charge in [-0.2, -0.15) is 0 Å². The number of nitrogens with two attached hydrogens (primary N) is 3. The van der Waals surface area contributed by atoms with E-state index in [2.05, 4.69) is 5.32 Å². The van der Waals surface area contributed by atoms with E-state index in [9.17, 15) is 14.0 Å². The summed E-state index contributed by atoms with van der Waals surface area (Å²) in [6, 6.07) is 4.06. The van der Waals surface area contributed by atoms with Gasteiger partial charge in [0.1, 0.15) is 5.82 Å². The van der Waals surface area contributed by atoms with E-state index in [0.29, 0.717) is 18.4 Å². The van der Waals surface area contributed by atoms with E-state index in [0.717, 1.165) is 30.4 Å². The third-order valence-corrected chi connectivity index (χ3v) is 4.20. The molecule has 7 heteroatoms.